The van der Waals surface area contributed by atoms with E-state index in [2.05, 4.69) is 11.0 Å². The highest BCUT2D eigenvalue weighted by molar-refractivity contribution is 5.39. The van der Waals surface area contributed by atoms with Gasteiger partial charge in [-0.3, -0.25) is 5.73 Å². The van der Waals surface area contributed by atoms with Crippen molar-refractivity contribution in [3.05, 3.63) is 48.0 Å². The van der Waals surface area contributed by atoms with Gasteiger partial charge < -0.3 is 4.90 Å². The van der Waals surface area contributed by atoms with Crippen molar-refractivity contribution >= 4 is 0 Å². The standard InChI is InChI=1S/C9H9N2/c10-8-4-3-7-11-6-2-1-5-9(8)11/h1-5,7,10H,6H2. The zero-order valence-electron chi connectivity index (χ0n) is 6.12. The highest BCUT2D eigenvalue weighted by atomic mass is 15.1. The van der Waals surface area contributed by atoms with E-state index in [0.717, 1.165) is 12.2 Å². The lowest BCUT2D eigenvalue weighted by Crippen LogP contribution is -2.22. The molecule has 2 nitrogen and oxygen atoms in total. The monoisotopic (exact) mass is 145 g/mol. The number of fused-ring (bicyclic) bond motifs is 1. The highest BCUT2D eigenvalue weighted by Gasteiger charge is 2.12. The van der Waals surface area contributed by atoms with Gasteiger partial charge in [0.1, 0.15) is 0 Å². The molecule has 2 heterocycles. The Morgan fingerprint density at radius 3 is 3.00 bits per heavy atom. The molecular weight excluding hydrogens is 136 g/mol. The van der Waals surface area contributed by atoms with Crippen LogP contribution in [0.4, 0.5) is 0 Å². The van der Waals surface area contributed by atoms with E-state index in [1.165, 1.54) is 0 Å². The first-order chi connectivity index (χ1) is 5.38. The maximum absolute atomic E-state index is 7.56. The van der Waals surface area contributed by atoms with Crippen LogP contribution in [-0.4, -0.2) is 11.4 Å². The lowest BCUT2D eigenvalue weighted by molar-refractivity contribution is 0.512. The Labute approximate surface area is 66.0 Å². The predicted octanol–water partition coefficient (Wildman–Crippen LogP) is 1.44. The van der Waals surface area contributed by atoms with Crippen molar-refractivity contribution in [2.75, 3.05) is 6.54 Å². The van der Waals surface area contributed by atoms with Gasteiger partial charge in [0, 0.05) is 12.7 Å². The van der Waals surface area contributed by atoms with Gasteiger partial charge in [0.2, 0.25) is 0 Å². The molecule has 55 valence electrons. The highest BCUT2D eigenvalue weighted by Crippen LogP contribution is 2.19. The van der Waals surface area contributed by atoms with E-state index < -0.39 is 0 Å². The number of hydrogen-bond acceptors (Lipinski definition) is 1. The predicted molar refractivity (Wildman–Crippen MR) is 44.2 cm³/mol. The van der Waals surface area contributed by atoms with E-state index in [4.69, 9.17) is 5.73 Å². The third kappa shape index (κ3) is 0.963. The summed E-state index contributed by atoms with van der Waals surface area (Å²) in [5, 5.41) is 0. The first-order valence-electron chi connectivity index (χ1n) is 3.62. The van der Waals surface area contributed by atoms with Crippen molar-refractivity contribution in [1.29, 1.82) is 0 Å². The summed E-state index contributed by atoms with van der Waals surface area (Å²) >= 11 is 0. The van der Waals surface area contributed by atoms with Crippen LogP contribution >= 0.6 is 0 Å². The van der Waals surface area contributed by atoms with Crippen molar-refractivity contribution in [3.63, 3.8) is 0 Å². The van der Waals surface area contributed by atoms with Crippen molar-refractivity contribution in [3.8, 4) is 0 Å². The van der Waals surface area contributed by atoms with Crippen LogP contribution in [0.15, 0.2) is 48.0 Å². The van der Waals surface area contributed by atoms with Crippen molar-refractivity contribution in [2.24, 2.45) is 0 Å². The summed E-state index contributed by atoms with van der Waals surface area (Å²) in [6.07, 6.45) is 11.7. The molecule has 0 saturated carbocycles. The Balaban J connectivity index is 2.40. The van der Waals surface area contributed by atoms with Crippen LogP contribution in [0.1, 0.15) is 0 Å². The summed E-state index contributed by atoms with van der Waals surface area (Å²) in [6, 6.07) is 0. The smallest absolute Gasteiger partial charge is 0.0777 e. The number of allylic oxidation sites excluding steroid dienone is 4. The quantitative estimate of drug-likeness (QED) is 0.506. The van der Waals surface area contributed by atoms with Crippen molar-refractivity contribution < 1.29 is 0 Å². The largest absolute Gasteiger partial charge is 0.342 e. The fourth-order valence-corrected chi connectivity index (χ4v) is 1.24. The van der Waals surface area contributed by atoms with Gasteiger partial charge in [-0.15, -0.1) is 0 Å². The molecule has 1 N–H and O–H groups in total. The molecule has 1 radical (unpaired) electrons. The van der Waals surface area contributed by atoms with Crippen LogP contribution in [0.5, 0.6) is 0 Å². The van der Waals surface area contributed by atoms with E-state index in [9.17, 15) is 0 Å². The number of nitrogens with one attached hydrogen (secondary N) is 1. The summed E-state index contributed by atoms with van der Waals surface area (Å²) in [4.78, 5) is 2.06. The average molecular weight is 145 g/mol. The van der Waals surface area contributed by atoms with Crippen LogP contribution in [0.2, 0.25) is 0 Å². The molecule has 2 heteroatoms. The summed E-state index contributed by atoms with van der Waals surface area (Å²) < 4.78 is 0. The lowest BCUT2D eigenvalue weighted by Gasteiger charge is -2.26. The van der Waals surface area contributed by atoms with Crippen LogP contribution in [0, 0.1) is 0 Å². The maximum atomic E-state index is 7.56. The second-order valence-electron chi connectivity index (χ2n) is 2.55. The molecule has 2 rings (SSSR count). The molecular formula is C9H9N2. The topological polar surface area (TPSA) is 27.0 Å². The number of rotatable bonds is 0. The molecule has 11 heavy (non-hydrogen) atoms. The second kappa shape index (κ2) is 2.31. The van der Waals surface area contributed by atoms with E-state index in [-0.39, 0.29) is 0 Å². The normalized spacial score (nSPS) is 20.9. The van der Waals surface area contributed by atoms with E-state index in [1.54, 1.807) is 0 Å². The third-order valence-electron chi connectivity index (χ3n) is 1.81. The molecule has 2 aliphatic heterocycles. The maximum Gasteiger partial charge on any atom is 0.0777 e. The van der Waals surface area contributed by atoms with Crippen molar-refractivity contribution in [1.82, 2.24) is 10.6 Å². The molecule has 0 unspecified atom stereocenters. The minimum Gasteiger partial charge on any atom is -0.342 e. The average Bonchev–Trinajstić information content (AvgIpc) is 2.06. The second-order valence-corrected chi connectivity index (χ2v) is 2.55. The van der Waals surface area contributed by atoms with Crippen LogP contribution in [0.25, 0.3) is 0 Å². The molecule has 0 saturated heterocycles. The summed E-state index contributed by atoms with van der Waals surface area (Å²) in [5.74, 6) is 0. The Bertz CT molecular complexity index is 282. The molecule has 0 aromatic carbocycles. The van der Waals surface area contributed by atoms with Gasteiger partial charge in [-0.1, -0.05) is 12.2 Å². The zero-order chi connectivity index (χ0) is 7.68. The first kappa shape index (κ1) is 6.28. The van der Waals surface area contributed by atoms with Crippen LogP contribution in [-0.2, 0) is 0 Å². The molecule has 0 aromatic rings. The van der Waals surface area contributed by atoms with Gasteiger partial charge in [0.15, 0.2) is 0 Å². The molecule has 0 fully saturated rings. The van der Waals surface area contributed by atoms with Gasteiger partial charge in [-0.25, -0.2) is 0 Å². The molecule has 0 amide bonds. The molecule has 2 aliphatic rings. The zero-order valence-corrected chi connectivity index (χ0v) is 6.12. The molecule has 0 atom stereocenters. The molecule has 0 aromatic heterocycles. The van der Waals surface area contributed by atoms with Gasteiger partial charge in [-0.05, 0) is 18.2 Å². The first-order valence-corrected chi connectivity index (χ1v) is 3.62. The molecule has 0 aliphatic carbocycles. The van der Waals surface area contributed by atoms with Gasteiger partial charge >= 0.3 is 0 Å². The van der Waals surface area contributed by atoms with E-state index >= 15 is 0 Å². The Hall–Kier alpha value is -1.44. The Kier molecular flexibility index (Phi) is 1.32. The number of hydrogen-bond donors (Lipinski definition) is 0. The van der Waals surface area contributed by atoms with Gasteiger partial charge in [0.05, 0.1) is 11.4 Å². The molecule has 0 spiro atoms. The third-order valence-corrected chi connectivity index (χ3v) is 1.81. The summed E-state index contributed by atoms with van der Waals surface area (Å²) in [7, 11) is 0. The summed E-state index contributed by atoms with van der Waals surface area (Å²) in [6.45, 7) is 0.887. The lowest BCUT2D eigenvalue weighted by atomic mass is 10.1. The van der Waals surface area contributed by atoms with Gasteiger partial charge in [-0.2, -0.15) is 0 Å². The summed E-state index contributed by atoms with van der Waals surface area (Å²) in [5.41, 5.74) is 9.15. The molecule has 0 bridgehead atoms. The van der Waals surface area contributed by atoms with Gasteiger partial charge in [0.25, 0.3) is 0 Å². The number of nitrogens with zero attached hydrogens (tertiary/aromatic N) is 1. The minimum atomic E-state index is 0.594. The Morgan fingerprint density at radius 1 is 1.27 bits per heavy atom. The SMILES string of the molecule is [NH]C1=CC=CN2CC=CC=C12. The fraction of sp³-hybridized carbons (Fsp3) is 0.111. The van der Waals surface area contributed by atoms with Crippen LogP contribution < -0.4 is 5.73 Å². The Morgan fingerprint density at radius 2 is 2.18 bits per heavy atom. The van der Waals surface area contributed by atoms with E-state index in [1.807, 2.05) is 30.5 Å². The fourth-order valence-electron chi connectivity index (χ4n) is 1.24. The van der Waals surface area contributed by atoms with E-state index in [0.29, 0.717) is 5.70 Å². The van der Waals surface area contributed by atoms with Crippen LogP contribution in [0.3, 0.4) is 0 Å². The van der Waals surface area contributed by atoms with Crippen molar-refractivity contribution in [2.45, 2.75) is 0 Å². The minimum absolute atomic E-state index is 0.594.